The van der Waals surface area contributed by atoms with Crippen molar-refractivity contribution in [3.05, 3.63) is 420 Å². The maximum atomic E-state index is 14.5. The zero-order chi connectivity index (χ0) is 104. The van der Waals surface area contributed by atoms with Crippen molar-refractivity contribution in [2.45, 2.75) is 49.4 Å². The summed E-state index contributed by atoms with van der Waals surface area (Å²) >= 11 is 0. The maximum absolute atomic E-state index is 14.5. The van der Waals surface area contributed by atoms with Crippen LogP contribution in [0.2, 0.25) is 0 Å². The van der Waals surface area contributed by atoms with Gasteiger partial charge in [-0.3, -0.25) is 0 Å². The van der Waals surface area contributed by atoms with Gasteiger partial charge in [-0.15, -0.1) is 0 Å². The summed E-state index contributed by atoms with van der Waals surface area (Å²) in [5.41, 5.74) is -4.23. The van der Waals surface area contributed by atoms with E-state index in [0.717, 1.165) is 0 Å². The maximum Gasteiger partial charge on any atom is 0.416 e. The second-order valence-corrected chi connectivity index (χ2v) is 35.8. The summed E-state index contributed by atoms with van der Waals surface area (Å²) < 4.78 is 356. The van der Waals surface area contributed by atoms with Crippen molar-refractivity contribution < 1.29 is 105 Å². The van der Waals surface area contributed by atoms with Gasteiger partial charge in [-0.2, -0.15) is 116 Å². The van der Waals surface area contributed by atoms with Crippen LogP contribution in [0, 0.1) is 22.7 Å². The molecule has 0 N–H and O–H groups in total. The highest BCUT2D eigenvalue weighted by Gasteiger charge is 2.43. The van der Waals surface area contributed by atoms with E-state index in [1.165, 1.54) is 72.8 Å². The van der Waals surface area contributed by atoms with E-state index in [9.17, 15) is 116 Å². The summed E-state index contributed by atoms with van der Waals surface area (Å²) in [5.74, 6) is 0. The molecular formula is C118H60F24N6. The highest BCUT2D eigenvalue weighted by atomic mass is 19.4. The topological polar surface area (TPSA) is 67.3 Å². The summed E-state index contributed by atoms with van der Waals surface area (Å²) in [6.45, 7) is 0. The number of fused-ring (bicyclic) bond motifs is 12. The molecule has 0 aliphatic carbocycles. The second-order valence-electron chi connectivity index (χ2n) is 35.8. The molecule has 0 radical (unpaired) electrons. The van der Waals surface area contributed by atoms with Gasteiger partial charge in [-0.05, 0) is 295 Å². The van der Waals surface area contributed by atoms with Crippen LogP contribution in [0.25, 0.3) is 210 Å². The number of para-hydroxylation sites is 2. The predicted octanol–water partition coefficient (Wildman–Crippen LogP) is 37.0. The molecule has 0 spiro atoms. The van der Waals surface area contributed by atoms with Crippen LogP contribution in [0.15, 0.2) is 364 Å². The van der Waals surface area contributed by atoms with Crippen LogP contribution in [-0.2, 0) is 49.4 Å². The molecule has 0 unspecified atom stereocenters. The van der Waals surface area contributed by atoms with Crippen LogP contribution in [0.3, 0.4) is 0 Å². The lowest BCUT2D eigenvalue weighted by molar-refractivity contribution is -0.144. The Labute approximate surface area is 821 Å². The fourth-order valence-electron chi connectivity index (χ4n) is 20.1. The van der Waals surface area contributed by atoms with Gasteiger partial charge in [0.05, 0.1) is 123 Å². The van der Waals surface area contributed by atoms with Gasteiger partial charge in [0.15, 0.2) is 0 Å². The van der Waals surface area contributed by atoms with Crippen LogP contribution in [0.1, 0.15) is 55.6 Å². The van der Waals surface area contributed by atoms with Gasteiger partial charge >= 0.3 is 49.4 Å². The summed E-state index contributed by atoms with van der Waals surface area (Å²) in [7, 11) is 0. The van der Waals surface area contributed by atoms with E-state index in [4.69, 9.17) is 0 Å². The van der Waals surface area contributed by atoms with Crippen molar-refractivity contribution in [3.63, 3.8) is 0 Å². The van der Waals surface area contributed by atoms with Crippen molar-refractivity contribution in [1.82, 2.24) is 18.3 Å². The molecule has 0 aliphatic rings. The van der Waals surface area contributed by atoms with Crippen molar-refractivity contribution in [3.8, 4) is 135 Å². The lowest BCUT2D eigenvalue weighted by atomic mass is 9.96. The molecule has 0 atom stereocenters. The Morgan fingerprint density at radius 3 is 0.642 bits per heavy atom. The molecule has 22 aromatic rings. The minimum atomic E-state index is -5.27. The average Bonchev–Trinajstić information content (AvgIpc) is 2.31. The third-order valence-electron chi connectivity index (χ3n) is 26.9. The molecule has 0 aliphatic heterocycles. The first-order chi connectivity index (χ1) is 70.3. The molecule has 0 saturated carbocycles. The van der Waals surface area contributed by atoms with E-state index in [2.05, 4.69) is 12.1 Å². The van der Waals surface area contributed by atoms with Crippen molar-refractivity contribution in [1.29, 1.82) is 10.5 Å². The smallest absolute Gasteiger partial charge is 0.309 e. The average molecular weight is 2020 g/mol. The molecular weight excluding hydrogens is 1960 g/mol. The van der Waals surface area contributed by atoms with Gasteiger partial charge in [0, 0.05) is 54.2 Å². The van der Waals surface area contributed by atoms with E-state index in [-0.39, 0.29) is 95.7 Å². The molecule has 148 heavy (non-hydrogen) atoms. The van der Waals surface area contributed by atoms with Gasteiger partial charge in [-0.25, -0.2) is 0 Å². The number of halogens is 24. The van der Waals surface area contributed by atoms with E-state index in [1.807, 2.05) is 149 Å². The minimum absolute atomic E-state index is 0.0336. The Morgan fingerprint density at radius 2 is 0.372 bits per heavy atom. The van der Waals surface area contributed by atoms with E-state index < -0.39 is 116 Å². The second kappa shape index (κ2) is 34.6. The van der Waals surface area contributed by atoms with Crippen LogP contribution >= 0.6 is 0 Å². The number of rotatable bonds is 13. The van der Waals surface area contributed by atoms with E-state index in [0.29, 0.717) is 176 Å². The monoisotopic (exact) mass is 2020 g/mol. The molecule has 0 bridgehead atoms. The number of hydrogen-bond acceptors (Lipinski definition) is 2. The SMILES string of the molecule is N#Cc1cccc(-c2cc(-n3c4ccccc4c4cc(-c5ccc(-n6c7ccc(-c8cc(C(F)(F)F)cc(C(F)(F)F)c8)cc7c7cc(-c8cc(C(F)(F)F)cc(C(F)(F)F)c8)ccc76)c(-c6ccccc6)c5)ccc43)c(C#N)c(-n3c4ccccc4c4cc(-c5ccc(-n6c7ccc(-c8cc(C(F)(F)F)cc(C(F)(F)F)c8)cc7c7cc(-c8cc(C(F)(F)F)cc(C(F)(F)F)c8)ccc76)c(-c6ccccc6)c5)ccc43)c2)c1. The lowest BCUT2D eigenvalue weighted by Crippen LogP contribution is -2.11. The van der Waals surface area contributed by atoms with Crippen molar-refractivity contribution >= 4 is 87.2 Å². The largest absolute Gasteiger partial charge is 0.416 e. The highest BCUT2D eigenvalue weighted by Crippen LogP contribution is 2.53. The number of aromatic nitrogens is 4. The Balaban J connectivity index is 0.691. The standard InChI is InChI=1S/C118H60F24N6/c119-111(120,121)80-39-75(40-81(57-80)112(122,123)124)71-26-34-105-94(51-71)95-52-72(76-41-82(113(125,126)127)58-83(42-76)114(128,129)130)27-35-106(95)145(105)101-30-22-67(47-90(101)64-13-3-1-4-14-64)69-24-32-103-92(49-69)88-18-7-9-20-99(88)147(103)109-55-79(66-17-11-12-63(38-66)61-143)56-110(98(109)62-144)148-100-21-10-8-19-89(100)93-50-70(25-33-104(93)148)68-23-31-102(91(48-68)65-15-5-2-6-16-65)146-107-36-28-73(77-43-84(115(131,132)133)59-85(44-77)116(134,135)136)53-96(107)97-54-74(29-37-108(97)146)78-45-86(117(137,138)139)60-87(46-78)118(140,141)142/h1-60H. The molecule has 4 aromatic heterocycles. The van der Waals surface area contributed by atoms with E-state index in [1.54, 1.807) is 88.0 Å². The van der Waals surface area contributed by atoms with Gasteiger partial charge < -0.3 is 18.3 Å². The third-order valence-corrected chi connectivity index (χ3v) is 26.9. The summed E-state index contributed by atoms with van der Waals surface area (Å²) in [6.07, 6.45) is -42.1. The number of benzene rings is 18. The minimum Gasteiger partial charge on any atom is -0.309 e. The Hall–Kier alpha value is -17.5. The predicted molar refractivity (Wildman–Crippen MR) is 522 cm³/mol. The number of hydrogen-bond donors (Lipinski definition) is 0. The molecule has 0 fully saturated rings. The van der Waals surface area contributed by atoms with Gasteiger partial charge in [0.2, 0.25) is 0 Å². The van der Waals surface area contributed by atoms with Gasteiger partial charge in [0.1, 0.15) is 11.6 Å². The molecule has 0 saturated heterocycles. The van der Waals surface area contributed by atoms with E-state index >= 15 is 0 Å². The molecule has 6 nitrogen and oxygen atoms in total. The Kier molecular flexibility index (Phi) is 22.3. The quantitative estimate of drug-likeness (QED) is 0.108. The molecule has 4 heterocycles. The Bertz CT molecular complexity index is 8470. The Morgan fingerprint density at radius 1 is 0.155 bits per heavy atom. The third kappa shape index (κ3) is 17.0. The lowest BCUT2D eigenvalue weighted by Gasteiger charge is -2.19. The highest BCUT2D eigenvalue weighted by molar-refractivity contribution is 6.16. The van der Waals surface area contributed by atoms with Gasteiger partial charge in [0.25, 0.3) is 0 Å². The normalized spacial score (nSPS) is 12.7. The number of alkyl halides is 24. The zero-order valence-electron chi connectivity index (χ0n) is 75.4. The van der Waals surface area contributed by atoms with Crippen molar-refractivity contribution in [2.24, 2.45) is 0 Å². The number of nitriles is 2. The number of nitrogens with zero attached hydrogens (tertiary/aromatic N) is 6. The fourth-order valence-corrected chi connectivity index (χ4v) is 20.1. The van der Waals surface area contributed by atoms with Crippen LogP contribution in [-0.4, -0.2) is 18.3 Å². The molecule has 730 valence electrons. The first kappa shape index (κ1) is 95.3. The molecule has 18 aromatic carbocycles. The summed E-state index contributed by atoms with van der Waals surface area (Å²) in [5, 5.41) is 25.9. The van der Waals surface area contributed by atoms with Crippen LogP contribution in [0.4, 0.5) is 105 Å². The van der Waals surface area contributed by atoms with Crippen LogP contribution < -0.4 is 0 Å². The summed E-state index contributed by atoms with van der Waals surface area (Å²) in [6, 6.07) is 91.1. The molecule has 0 amide bonds. The molecule has 30 heteroatoms. The van der Waals surface area contributed by atoms with Gasteiger partial charge in [-0.1, -0.05) is 158 Å². The van der Waals surface area contributed by atoms with Crippen LogP contribution in [0.5, 0.6) is 0 Å². The zero-order valence-corrected chi connectivity index (χ0v) is 75.4. The first-order valence-electron chi connectivity index (χ1n) is 45.2. The molecule has 22 rings (SSSR count). The summed E-state index contributed by atoms with van der Waals surface area (Å²) in [4.78, 5) is 0. The first-order valence-corrected chi connectivity index (χ1v) is 45.2. The fraction of sp³-hybridized carbons (Fsp3) is 0.0678. The van der Waals surface area contributed by atoms with Crippen molar-refractivity contribution in [2.75, 3.05) is 0 Å².